The highest BCUT2D eigenvalue weighted by molar-refractivity contribution is 14.0. The van der Waals surface area contributed by atoms with Crippen molar-refractivity contribution >= 4 is 29.9 Å². The normalized spacial score (nSPS) is 29.0. The SMILES string of the molecule is CN=C(NC1CC(C)(OC)C1(C)C)N1CCN(Cc2ccon2)CC1.I. The van der Waals surface area contributed by atoms with Gasteiger partial charge in [-0.2, -0.15) is 0 Å². The molecule has 148 valence electrons. The second kappa shape index (κ2) is 8.43. The van der Waals surface area contributed by atoms with Crippen LogP contribution in [0.1, 0.15) is 32.9 Å². The summed E-state index contributed by atoms with van der Waals surface area (Å²) in [6, 6.07) is 2.31. The van der Waals surface area contributed by atoms with Gasteiger partial charge in [0, 0.05) is 64.4 Å². The van der Waals surface area contributed by atoms with Crippen LogP contribution in [0.25, 0.3) is 0 Å². The Kier molecular flexibility index (Phi) is 6.95. The van der Waals surface area contributed by atoms with Crippen LogP contribution in [0.5, 0.6) is 0 Å². The average molecular weight is 477 g/mol. The monoisotopic (exact) mass is 477 g/mol. The molecule has 2 unspecified atom stereocenters. The molecule has 1 saturated heterocycles. The number of aromatic nitrogens is 1. The van der Waals surface area contributed by atoms with Gasteiger partial charge in [-0.05, 0) is 13.3 Å². The molecule has 26 heavy (non-hydrogen) atoms. The lowest BCUT2D eigenvalue weighted by atomic mass is 9.56. The summed E-state index contributed by atoms with van der Waals surface area (Å²) < 4.78 is 10.6. The van der Waals surface area contributed by atoms with E-state index in [1.165, 1.54) is 0 Å². The van der Waals surface area contributed by atoms with Crippen molar-refractivity contribution in [3.63, 3.8) is 0 Å². The van der Waals surface area contributed by atoms with E-state index in [1.54, 1.807) is 13.4 Å². The molecule has 0 bridgehead atoms. The quantitative estimate of drug-likeness (QED) is 0.408. The summed E-state index contributed by atoms with van der Waals surface area (Å²) >= 11 is 0. The van der Waals surface area contributed by atoms with Crippen LogP contribution in [0, 0.1) is 5.41 Å². The Bertz CT molecular complexity index is 599. The first kappa shape index (κ1) is 21.4. The number of nitrogens with zero attached hydrogens (tertiary/aromatic N) is 4. The highest BCUT2D eigenvalue weighted by Crippen LogP contribution is 2.51. The fraction of sp³-hybridized carbons (Fsp3) is 0.778. The van der Waals surface area contributed by atoms with Gasteiger partial charge in [0.1, 0.15) is 6.26 Å². The van der Waals surface area contributed by atoms with Crippen LogP contribution in [0.4, 0.5) is 0 Å². The van der Waals surface area contributed by atoms with Crippen molar-refractivity contribution < 1.29 is 9.26 Å². The molecule has 3 rings (SSSR count). The molecule has 0 amide bonds. The zero-order valence-corrected chi connectivity index (χ0v) is 18.8. The summed E-state index contributed by atoms with van der Waals surface area (Å²) in [5, 5.41) is 7.66. The van der Waals surface area contributed by atoms with Crippen molar-refractivity contribution in [1.29, 1.82) is 0 Å². The Morgan fingerprint density at radius 2 is 2.04 bits per heavy atom. The smallest absolute Gasteiger partial charge is 0.193 e. The van der Waals surface area contributed by atoms with Crippen LogP contribution in [0.2, 0.25) is 0 Å². The highest BCUT2D eigenvalue weighted by Gasteiger charge is 2.58. The Hall–Kier alpha value is -0.870. The molecule has 1 aliphatic carbocycles. The minimum atomic E-state index is -0.0696. The molecular formula is C18H32IN5O2. The van der Waals surface area contributed by atoms with Crippen molar-refractivity contribution in [2.24, 2.45) is 10.4 Å². The third kappa shape index (κ3) is 4.01. The Morgan fingerprint density at radius 1 is 1.35 bits per heavy atom. The van der Waals surface area contributed by atoms with Crippen LogP contribution in [-0.2, 0) is 11.3 Å². The number of nitrogens with one attached hydrogen (secondary N) is 1. The molecule has 8 heteroatoms. The van der Waals surface area contributed by atoms with Crippen molar-refractivity contribution in [3.05, 3.63) is 18.0 Å². The van der Waals surface area contributed by atoms with Gasteiger partial charge in [0.25, 0.3) is 0 Å². The summed E-state index contributed by atoms with van der Waals surface area (Å²) in [6.45, 7) is 11.5. The Morgan fingerprint density at radius 3 is 2.54 bits per heavy atom. The molecule has 2 fully saturated rings. The highest BCUT2D eigenvalue weighted by atomic mass is 127. The minimum Gasteiger partial charge on any atom is -0.378 e. The molecule has 2 atom stereocenters. The Labute approximate surface area is 173 Å². The molecule has 0 spiro atoms. The van der Waals surface area contributed by atoms with Crippen LogP contribution in [-0.4, -0.2) is 72.9 Å². The lowest BCUT2D eigenvalue weighted by Crippen LogP contribution is -2.70. The van der Waals surface area contributed by atoms with Crippen LogP contribution in [0.15, 0.2) is 21.8 Å². The van der Waals surface area contributed by atoms with Gasteiger partial charge in [0.2, 0.25) is 0 Å². The van der Waals surface area contributed by atoms with Gasteiger partial charge >= 0.3 is 0 Å². The molecule has 0 radical (unpaired) electrons. The van der Waals surface area contributed by atoms with E-state index in [0.29, 0.717) is 6.04 Å². The van der Waals surface area contributed by atoms with E-state index >= 15 is 0 Å². The number of hydrogen-bond donors (Lipinski definition) is 1. The summed E-state index contributed by atoms with van der Waals surface area (Å²) in [5.41, 5.74) is 0.998. The molecule has 2 heterocycles. The summed E-state index contributed by atoms with van der Waals surface area (Å²) in [7, 11) is 3.67. The summed E-state index contributed by atoms with van der Waals surface area (Å²) in [6.07, 6.45) is 2.63. The van der Waals surface area contributed by atoms with E-state index in [-0.39, 0.29) is 35.0 Å². The fourth-order valence-corrected chi connectivity index (χ4v) is 3.84. The predicted octanol–water partition coefficient (Wildman–Crippen LogP) is 2.19. The molecule has 2 aliphatic rings. The van der Waals surface area contributed by atoms with E-state index in [1.807, 2.05) is 13.1 Å². The first-order chi connectivity index (χ1) is 11.9. The summed E-state index contributed by atoms with van der Waals surface area (Å²) in [5.74, 6) is 0.998. The van der Waals surface area contributed by atoms with Gasteiger partial charge in [0.15, 0.2) is 5.96 Å². The lowest BCUT2D eigenvalue weighted by molar-refractivity contribution is -0.177. The van der Waals surface area contributed by atoms with E-state index in [4.69, 9.17) is 9.26 Å². The van der Waals surface area contributed by atoms with Gasteiger partial charge < -0.3 is 19.5 Å². The number of aliphatic imine (C=N–C) groups is 1. The van der Waals surface area contributed by atoms with Crippen molar-refractivity contribution in [3.8, 4) is 0 Å². The first-order valence-electron chi connectivity index (χ1n) is 9.04. The van der Waals surface area contributed by atoms with Gasteiger partial charge in [-0.3, -0.25) is 9.89 Å². The number of methoxy groups -OCH3 is 1. The van der Waals surface area contributed by atoms with Crippen molar-refractivity contribution in [2.45, 2.75) is 45.4 Å². The van der Waals surface area contributed by atoms with Gasteiger partial charge in [0.05, 0.1) is 11.3 Å². The molecule has 1 saturated carbocycles. The number of hydrogen-bond acceptors (Lipinski definition) is 5. The number of halogens is 1. The molecular weight excluding hydrogens is 445 g/mol. The standard InChI is InChI=1S/C18H31N5O2.HI/c1-17(2)15(12-18(17,3)24-5)20-16(19-4)23-9-7-22(8-10-23)13-14-6-11-25-21-14;/h6,11,15H,7-10,12-13H2,1-5H3,(H,19,20);1H. The first-order valence-corrected chi connectivity index (χ1v) is 9.04. The number of ether oxygens (including phenoxy) is 1. The third-order valence-corrected chi connectivity index (χ3v) is 6.34. The van der Waals surface area contributed by atoms with Crippen LogP contribution < -0.4 is 5.32 Å². The maximum Gasteiger partial charge on any atom is 0.193 e. The molecule has 1 aliphatic heterocycles. The maximum atomic E-state index is 5.73. The number of rotatable bonds is 4. The van der Waals surface area contributed by atoms with Crippen molar-refractivity contribution in [2.75, 3.05) is 40.3 Å². The molecule has 1 aromatic heterocycles. The van der Waals surface area contributed by atoms with Gasteiger partial charge in [-0.15, -0.1) is 24.0 Å². The molecule has 1 aromatic rings. The largest absolute Gasteiger partial charge is 0.378 e. The van der Waals surface area contributed by atoms with Crippen molar-refractivity contribution in [1.82, 2.24) is 20.3 Å². The van der Waals surface area contributed by atoms with E-state index < -0.39 is 0 Å². The fourth-order valence-electron chi connectivity index (χ4n) is 3.84. The summed E-state index contributed by atoms with van der Waals surface area (Å²) in [4.78, 5) is 9.26. The number of piperazine rings is 1. The van der Waals surface area contributed by atoms with E-state index in [9.17, 15) is 0 Å². The molecule has 7 nitrogen and oxygen atoms in total. The van der Waals surface area contributed by atoms with Gasteiger partial charge in [-0.25, -0.2) is 0 Å². The van der Waals surface area contributed by atoms with E-state index in [2.05, 4.69) is 46.0 Å². The Balaban J connectivity index is 0.00000243. The minimum absolute atomic E-state index is 0. The van der Waals surface area contributed by atoms with Gasteiger partial charge in [-0.1, -0.05) is 19.0 Å². The third-order valence-electron chi connectivity index (χ3n) is 6.34. The zero-order chi connectivity index (χ0) is 18.1. The number of guanidine groups is 1. The molecule has 0 aromatic carbocycles. The predicted molar refractivity (Wildman–Crippen MR) is 113 cm³/mol. The maximum absolute atomic E-state index is 5.73. The van der Waals surface area contributed by atoms with Crippen LogP contribution >= 0.6 is 24.0 Å². The zero-order valence-electron chi connectivity index (χ0n) is 16.5. The van der Waals surface area contributed by atoms with Crippen LogP contribution in [0.3, 0.4) is 0 Å². The molecule has 1 N–H and O–H groups in total. The second-order valence-corrected chi connectivity index (χ2v) is 7.86. The average Bonchev–Trinajstić information content (AvgIpc) is 3.12. The van der Waals surface area contributed by atoms with E-state index in [0.717, 1.165) is 50.8 Å². The second-order valence-electron chi connectivity index (χ2n) is 7.86. The lowest BCUT2D eigenvalue weighted by Gasteiger charge is -2.59. The topological polar surface area (TPSA) is 66.1 Å².